The SMILES string of the molecule is COC(=O)c1cccc2nc(SC)n(-c3ccccc3)c(=O)c12. The highest BCUT2D eigenvalue weighted by atomic mass is 32.2. The molecule has 0 fully saturated rings. The normalized spacial score (nSPS) is 10.7. The summed E-state index contributed by atoms with van der Waals surface area (Å²) in [7, 11) is 1.29. The number of benzene rings is 2. The Balaban J connectivity index is 2.43. The summed E-state index contributed by atoms with van der Waals surface area (Å²) < 4.78 is 6.29. The number of esters is 1. The Bertz CT molecular complexity index is 936. The van der Waals surface area contributed by atoms with Gasteiger partial charge >= 0.3 is 5.97 Å². The molecular formula is C17H14N2O3S. The summed E-state index contributed by atoms with van der Waals surface area (Å²) in [6, 6.07) is 14.2. The zero-order valence-corrected chi connectivity index (χ0v) is 13.5. The average Bonchev–Trinajstić information content (AvgIpc) is 2.60. The smallest absolute Gasteiger partial charge is 0.338 e. The highest BCUT2D eigenvalue weighted by molar-refractivity contribution is 7.98. The van der Waals surface area contributed by atoms with Crippen LogP contribution < -0.4 is 5.56 Å². The molecular weight excluding hydrogens is 312 g/mol. The van der Waals surface area contributed by atoms with Gasteiger partial charge in [-0.1, -0.05) is 36.0 Å². The molecule has 1 aromatic heterocycles. The van der Waals surface area contributed by atoms with E-state index in [2.05, 4.69) is 4.98 Å². The summed E-state index contributed by atoms with van der Waals surface area (Å²) >= 11 is 1.37. The van der Waals surface area contributed by atoms with Crippen molar-refractivity contribution in [3.63, 3.8) is 0 Å². The Morgan fingerprint density at radius 2 is 1.87 bits per heavy atom. The number of para-hydroxylation sites is 1. The average molecular weight is 326 g/mol. The van der Waals surface area contributed by atoms with Crippen LogP contribution in [0.25, 0.3) is 16.6 Å². The molecule has 5 nitrogen and oxygen atoms in total. The number of carbonyl (C=O) groups excluding carboxylic acids is 1. The second-order valence-electron chi connectivity index (χ2n) is 4.77. The van der Waals surface area contributed by atoms with Crippen LogP contribution in [-0.2, 0) is 4.74 Å². The van der Waals surface area contributed by atoms with E-state index in [1.54, 1.807) is 18.2 Å². The van der Waals surface area contributed by atoms with Crippen molar-refractivity contribution in [2.75, 3.05) is 13.4 Å². The van der Waals surface area contributed by atoms with Crippen LogP contribution in [0, 0.1) is 0 Å². The maximum atomic E-state index is 13.1. The third-order valence-corrected chi connectivity index (χ3v) is 4.11. The van der Waals surface area contributed by atoms with E-state index in [0.29, 0.717) is 16.4 Å². The van der Waals surface area contributed by atoms with Crippen LogP contribution in [0.3, 0.4) is 0 Å². The summed E-state index contributed by atoms with van der Waals surface area (Å²) in [4.78, 5) is 29.6. The number of ether oxygens (including phenoxy) is 1. The third-order valence-electron chi connectivity index (χ3n) is 3.47. The standard InChI is InChI=1S/C17H14N2O3S/c1-22-16(21)12-9-6-10-13-14(12)15(20)19(17(18-13)23-2)11-7-4-3-5-8-11/h3-10H,1-2H3. The quantitative estimate of drug-likeness (QED) is 0.421. The van der Waals surface area contributed by atoms with Gasteiger partial charge in [0.05, 0.1) is 29.3 Å². The minimum Gasteiger partial charge on any atom is -0.465 e. The van der Waals surface area contributed by atoms with Crippen molar-refractivity contribution in [2.45, 2.75) is 5.16 Å². The highest BCUT2D eigenvalue weighted by Crippen LogP contribution is 2.21. The lowest BCUT2D eigenvalue weighted by Gasteiger charge is -2.13. The number of rotatable bonds is 3. The summed E-state index contributed by atoms with van der Waals surface area (Å²) in [5, 5.41) is 0.830. The maximum absolute atomic E-state index is 13.1. The molecule has 2 aromatic carbocycles. The molecule has 3 rings (SSSR count). The molecule has 23 heavy (non-hydrogen) atoms. The molecule has 0 bridgehead atoms. The lowest BCUT2D eigenvalue weighted by Crippen LogP contribution is -2.23. The van der Waals surface area contributed by atoms with E-state index in [9.17, 15) is 9.59 Å². The summed E-state index contributed by atoms with van der Waals surface area (Å²) in [5.41, 5.74) is 1.12. The van der Waals surface area contributed by atoms with Crippen molar-refractivity contribution in [1.82, 2.24) is 9.55 Å². The van der Waals surface area contributed by atoms with Crippen LogP contribution in [0.1, 0.15) is 10.4 Å². The molecule has 6 heteroatoms. The van der Waals surface area contributed by atoms with Crippen molar-refractivity contribution in [3.05, 3.63) is 64.4 Å². The van der Waals surface area contributed by atoms with Gasteiger partial charge in [0.2, 0.25) is 0 Å². The fourth-order valence-corrected chi connectivity index (χ4v) is 2.99. The molecule has 0 spiro atoms. The molecule has 1 heterocycles. The van der Waals surface area contributed by atoms with E-state index in [4.69, 9.17) is 4.74 Å². The minimum absolute atomic E-state index is 0.222. The predicted octanol–water partition coefficient (Wildman–Crippen LogP) is 2.89. The minimum atomic E-state index is -0.550. The number of thioether (sulfide) groups is 1. The lowest BCUT2D eigenvalue weighted by molar-refractivity contribution is 0.0603. The zero-order valence-electron chi connectivity index (χ0n) is 12.6. The molecule has 0 saturated heterocycles. The van der Waals surface area contributed by atoms with Crippen molar-refractivity contribution >= 4 is 28.6 Å². The number of carbonyl (C=O) groups is 1. The molecule has 0 saturated carbocycles. The first kappa shape index (κ1) is 15.3. The molecule has 0 aliphatic heterocycles. The van der Waals surface area contributed by atoms with Gasteiger partial charge in [0, 0.05) is 0 Å². The molecule has 0 atom stereocenters. The van der Waals surface area contributed by atoms with Crippen LogP contribution in [0.4, 0.5) is 0 Å². The predicted molar refractivity (Wildman–Crippen MR) is 90.5 cm³/mol. The van der Waals surface area contributed by atoms with Gasteiger partial charge in [-0.25, -0.2) is 9.78 Å². The van der Waals surface area contributed by atoms with Gasteiger partial charge in [0.1, 0.15) is 0 Å². The van der Waals surface area contributed by atoms with E-state index in [1.807, 2.05) is 36.6 Å². The molecule has 0 N–H and O–H groups in total. The monoisotopic (exact) mass is 326 g/mol. The Kier molecular flexibility index (Phi) is 4.16. The van der Waals surface area contributed by atoms with Crippen LogP contribution in [0.2, 0.25) is 0 Å². The van der Waals surface area contributed by atoms with Crippen LogP contribution in [0.5, 0.6) is 0 Å². The zero-order chi connectivity index (χ0) is 16.4. The van der Waals surface area contributed by atoms with Gasteiger partial charge < -0.3 is 4.74 Å². The van der Waals surface area contributed by atoms with Crippen molar-refractivity contribution in [3.8, 4) is 5.69 Å². The largest absolute Gasteiger partial charge is 0.465 e. The molecule has 0 aliphatic carbocycles. The Labute approximate surface area is 136 Å². The third kappa shape index (κ3) is 2.61. The number of nitrogens with zero attached hydrogens (tertiary/aromatic N) is 2. The number of hydrogen-bond acceptors (Lipinski definition) is 5. The lowest BCUT2D eigenvalue weighted by atomic mass is 10.1. The maximum Gasteiger partial charge on any atom is 0.338 e. The first-order chi connectivity index (χ1) is 11.2. The molecule has 0 amide bonds. The Morgan fingerprint density at radius 3 is 2.52 bits per heavy atom. The second kappa shape index (κ2) is 6.26. The second-order valence-corrected chi connectivity index (χ2v) is 5.54. The van der Waals surface area contributed by atoms with Gasteiger partial charge in [-0.05, 0) is 30.5 Å². The van der Waals surface area contributed by atoms with Gasteiger partial charge in [0.15, 0.2) is 5.16 Å². The molecule has 3 aromatic rings. The van der Waals surface area contributed by atoms with Gasteiger partial charge in [-0.3, -0.25) is 9.36 Å². The first-order valence-electron chi connectivity index (χ1n) is 6.91. The van der Waals surface area contributed by atoms with E-state index >= 15 is 0 Å². The summed E-state index contributed by atoms with van der Waals surface area (Å²) in [5.74, 6) is -0.550. The molecule has 0 radical (unpaired) electrons. The molecule has 0 unspecified atom stereocenters. The van der Waals surface area contributed by atoms with Crippen LogP contribution in [-0.4, -0.2) is 28.9 Å². The number of hydrogen-bond donors (Lipinski definition) is 0. The number of methoxy groups -OCH3 is 1. The van der Waals surface area contributed by atoms with E-state index < -0.39 is 5.97 Å². The number of fused-ring (bicyclic) bond motifs is 1. The number of aromatic nitrogens is 2. The highest BCUT2D eigenvalue weighted by Gasteiger charge is 2.18. The van der Waals surface area contributed by atoms with Crippen molar-refractivity contribution in [2.24, 2.45) is 0 Å². The Morgan fingerprint density at radius 1 is 1.13 bits per heavy atom. The van der Waals surface area contributed by atoms with Gasteiger partial charge in [-0.2, -0.15) is 0 Å². The van der Waals surface area contributed by atoms with E-state index in [1.165, 1.54) is 23.4 Å². The van der Waals surface area contributed by atoms with Gasteiger partial charge in [0.25, 0.3) is 5.56 Å². The van der Waals surface area contributed by atoms with E-state index in [-0.39, 0.29) is 16.5 Å². The topological polar surface area (TPSA) is 61.2 Å². The fourth-order valence-electron chi connectivity index (χ4n) is 2.43. The van der Waals surface area contributed by atoms with Gasteiger partial charge in [-0.15, -0.1) is 0 Å². The van der Waals surface area contributed by atoms with Crippen LogP contribution >= 0.6 is 11.8 Å². The molecule has 116 valence electrons. The molecule has 0 aliphatic rings. The Hall–Kier alpha value is -2.60. The van der Waals surface area contributed by atoms with Crippen molar-refractivity contribution in [1.29, 1.82) is 0 Å². The summed E-state index contributed by atoms with van der Waals surface area (Å²) in [6.45, 7) is 0. The summed E-state index contributed by atoms with van der Waals surface area (Å²) in [6.07, 6.45) is 1.86. The first-order valence-corrected chi connectivity index (χ1v) is 8.13. The van der Waals surface area contributed by atoms with Crippen molar-refractivity contribution < 1.29 is 9.53 Å². The van der Waals surface area contributed by atoms with Crippen LogP contribution in [0.15, 0.2) is 58.5 Å². The van der Waals surface area contributed by atoms with E-state index in [0.717, 1.165) is 0 Å². The fraction of sp³-hybridized carbons (Fsp3) is 0.118.